The van der Waals surface area contributed by atoms with Gasteiger partial charge in [0.25, 0.3) is 5.91 Å². The molecule has 4 aromatic rings. The van der Waals surface area contributed by atoms with Crippen molar-refractivity contribution in [2.45, 2.75) is 11.8 Å². The number of aryl methyl sites for hydroxylation is 1. The van der Waals surface area contributed by atoms with E-state index in [0.29, 0.717) is 27.4 Å². The van der Waals surface area contributed by atoms with Gasteiger partial charge in [0.05, 0.1) is 34.2 Å². The average molecular weight is 453 g/mol. The lowest BCUT2D eigenvalue weighted by molar-refractivity contribution is -0.113. The van der Waals surface area contributed by atoms with Crippen LogP contribution in [0.1, 0.15) is 21.5 Å². The number of thioether (sulfide) groups is 1. The Morgan fingerprint density at radius 2 is 1.85 bits per heavy atom. The molecule has 0 aliphatic heterocycles. The molecule has 2 amide bonds. The van der Waals surface area contributed by atoms with Crippen molar-refractivity contribution in [3.8, 4) is 6.07 Å². The second-order valence-electron chi connectivity index (χ2n) is 7.31. The quantitative estimate of drug-likeness (QED) is 0.382. The Morgan fingerprint density at radius 3 is 2.70 bits per heavy atom. The number of anilines is 2. The van der Waals surface area contributed by atoms with E-state index in [1.54, 1.807) is 42.6 Å². The van der Waals surface area contributed by atoms with Gasteiger partial charge in [-0.25, -0.2) is 0 Å². The fourth-order valence-electron chi connectivity index (χ4n) is 3.40. The van der Waals surface area contributed by atoms with Gasteiger partial charge in [-0.1, -0.05) is 24.3 Å². The van der Waals surface area contributed by atoms with Crippen LogP contribution in [0.3, 0.4) is 0 Å². The summed E-state index contributed by atoms with van der Waals surface area (Å²) < 4.78 is 0. The lowest BCUT2D eigenvalue weighted by atomic mass is 10.1. The normalized spacial score (nSPS) is 10.4. The van der Waals surface area contributed by atoms with Crippen LogP contribution < -0.4 is 10.6 Å². The lowest BCUT2D eigenvalue weighted by Crippen LogP contribution is -2.16. The molecule has 6 nitrogen and oxygen atoms in total. The number of rotatable bonds is 6. The molecule has 33 heavy (non-hydrogen) atoms. The van der Waals surface area contributed by atoms with Gasteiger partial charge in [-0.15, -0.1) is 11.8 Å². The van der Waals surface area contributed by atoms with Crippen LogP contribution >= 0.6 is 11.8 Å². The van der Waals surface area contributed by atoms with Crippen molar-refractivity contribution in [3.05, 3.63) is 95.7 Å². The van der Waals surface area contributed by atoms with Gasteiger partial charge in [0.2, 0.25) is 5.91 Å². The van der Waals surface area contributed by atoms with E-state index in [2.05, 4.69) is 15.6 Å². The summed E-state index contributed by atoms with van der Waals surface area (Å²) in [6, 6.07) is 23.5. The SMILES string of the molecule is Cc1ccc(NC(=O)c2ccccc2SCC(=O)Nc2cccc(C#N)c2)c2cccnc12. The van der Waals surface area contributed by atoms with E-state index in [1.807, 2.05) is 49.4 Å². The van der Waals surface area contributed by atoms with E-state index in [1.165, 1.54) is 11.8 Å². The molecule has 0 saturated heterocycles. The smallest absolute Gasteiger partial charge is 0.256 e. The molecule has 3 aromatic carbocycles. The maximum absolute atomic E-state index is 13.1. The van der Waals surface area contributed by atoms with Crippen molar-refractivity contribution in [1.29, 1.82) is 5.26 Å². The summed E-state index contributed by atoms with van der Waals surface area (Å²) in [5, 5.41) is 15.6. The van der Waals surface area contributed by atoms with Gasteiger partial charge in [0.15, 0.2) is 0 Å². The molecule has 0 spiro atoms. The number of carbonyl (C=O) groups excluding carboxylic acids is 2. The molecule has 4 rings (SSSR count). The highest BCUT2D eigenvalue weighted by Crippen LogP contribution is 2.27. The number of nitrogens with one attached hydrogen (secondary N) is 2. The Labute approximate surface area is 195 Å². The molecule has 0 bridgehead atoms. The average Bonchev–Trinajstić information content (AvgIpc) is 2.85. The second kappa shape index (κ2) is 9.98. The number of aromatic nitrogens is 1. The molecular weight excluding hydrogens is 432 g/mol. The number of carbonyl (C=O) groups is 2. The van der Waals surface area contributed by atoms with Gasteiger partial charge in [-0.2, -0.15) is 5.26 Å². The number of hydrogen-bond acceptors (Lipinski definition) is 5. The van der Waals surface area contributed by atoms with Gasteiger partial charge in [-0.05, 0) is 61.0 Å². The summed E-state index contributed by atoms with van der Waals surface area (Å²) in [5.74, 6) is -0.353. The second-order valence-corrected chi connectivity index (χ2v) is 8.33. The molecule has 0 fully saturated rings. The highest BCUT2D eigenvalue weighted by atomic mass is 32.2. The molecule has 2 N–H and O–H groups in total. The number of nitriles is 1. The predicted octanol–water partition coefficient (Wildman–Crippen LogP) is 5.40. The van der Waals surface area contributed by atoms with Crippen LogP contribution in [0.15, 0.2) is 83.9 Å². The van der Waals surface area contributed by atoms with Crippen LogP contribution in [0.5, 0.6) is 0 Å². The number of fused-ring (bicyclic) bond motifs is 1. The van der Waals surface area contributed by atoms with Crippen LogP contribution in [0.4, 0.5) is 11.4 Å². The highest BCUT2D eigenvalue weighted by Gasteiger charge is 2.15. The first-order chi connectivity index (χ1) is 16.0. The van der Waals surface area contributed by atoms with Crippen molar-refractivity contribution in [3.63, 3.8) is 0 Å². The lowest BCUT2D eigenvalue weighted by Gasteiger charge is -2.12. The summed E-state index contributed by atoms with van der Waals surface area (Å²) in [6.45, 7) is 1.98. The number of pyridine rings is 1. The van der Waals surface area contributed by atoms with Crippen LogP contribution in [-0.4, -0.2) is 22.6 Å². The Kier molecular flexibility index (Phi) is 6.67. The van der Waals surface area contributed by atoms with E-state index in [4.69, 9.17) is 5.26 Å². The minimum absolute atomic E-state index is 0.123. The van der Waals surface area contributed by atoms with Crippen molar-refractivity contribution < 1.29 is 9.59 Å². The highest BCUT2D eigenvalue weighted by molar-refractivity contribution is 8.00. The number of amides is 2. The molecule has 0 radical (unpaired) electrons. The Hall–Kier alpha value is -4.15. The largest absolute Gasteiger partial charge is 0.325 e. The third-order valence-corrected chi connectivity index (χ3v) is 6.06. The van der Waals surface area contributed by atoms with Gasteiger partial charge < -0.3 is 10.6 Å². The predicted molar refractivity (Wildman–Crippen MR) is 131 cm³/mol. The molecule has 7 heteroatoms. The molecule has 1 aromatic heterocycles. The van der Waals surface area contributed by atoms with Crippen molar-refractivity contribution in [1.82, 2.24) is 4.98 Å². The molecule has 0 saturated carbocycles. The maximum Gasteiger partial charge on any atom is 0.256 e. The molecule has 0 unspecified atom stereocenters. The fourth-order valence-corrected chi connectivity index (χ4v) is 4.25. The van der Waals surface area contributed by atoms with Gasteiger partial charge in [0.1, 0.15) is 0 Å². The third-order valence-electron chi connectivity index (χ3n) is 4.99. The van der Waals surface area contributed by atoms with Crippen molar-refractivity contribution in [2.75, 3.05) is 16.4 Å². The Balaban J connectivity index is 1.47. The summed E-state index contributed by atoms with van der Waals surface area (Å²) >= 11 is 1.28. The summed E-state index contributed by atoms with van der Waals surface area (Å²) in [4.78, 5) is 30.6. The van der Waals surface area contributed by atoms with E-state index >= 15 is 0 Å². The molecule has 0 aliphatic rings. The molecular formula is C26H20N4O2S. The maximum atomic E-state index is 13.1. The number of hydrogen-bond donors (Lipinski definition) is 2. The van der Waals surface area contributed by atoms with E-state index in [9.17, 15) is 9.59 Å². The monoisotopic (exact) mass is 452 g/mol. The van der Waals surface area contributed by atoms with Crippen LogP contribution in [0, 0.1) is 18.3 Å². The molecule has 0 aliphatic carbocycles. The van der Waals surface area contributed by atoms with Crippen LogP contribution in [0.2, 0.25) is 0 Å². The molecule has 0 atom stereocenters. The first-order valence-electron chi connectivity index (χ1n) is 10.2. The summed E-state index contributed by atoms with van der Waals surface area (Å²) in [6.07, 6.45) is 1.73. The summed E-state index contributed by atoms with van der Waals surface area (Å²) in [7, 11) is 0. The van der Waals surface area contributed by atoms with Crippen LogP contribution in [0.25, 0.3) is 10.9 Å². The number of benzene rings is 3. The first-order valence-corrected chi connectivity index (χ1v) is 11.2. The number of nitrogens with zero attached hydrogens (tertiary/aromatic N) is 2. The van der Waals surface area contributed by atoms with Gasteiger partial charge in [0, 0.05) is 22.2 Å². The zero-order valence-corrected chi connectivity index (χ0v) is 18.6. The third kappa shape index (κ3) is 5.20. The first kappa shape index (κ1) is 22.1. The van der Waals surface area contributed by atoms with Gasteiger partial charge in [-0.3, -0.25) is 14.6 Å². The van der Waals surface area contributed by atoms with E-state index in [0.717, 1.165) is 16.5 Å². The van der Waals surface area contributed by atoms with E-state index in [-0.39, 0.29) is 17.6 Å². The Morgan fingerprint density at radius 1 is 1.00 bits per heavy atom. The zero-order chi connectivity index (χ0) is 23.2. The molecule has 162 valence electrons. The fraction of sp³-hybridized carbons (Fsp3) is 0.0769. The van der Waals surface area contributed by atoms with Gasteiger partial charge >= 0.3 is 0 Å². The Bertz CT molecular complexity index is 1390. The minimum Gasteiger partial charge on any atom is -0.325 e. The topological polar surface area (TPSA) is 94.9 Å². The zero-order valence-electron chi connectivity index (χ0n) is 17.8. The van der Waals surface area contributed by atoms with Crippen molar-refractivity contribution >= 4 is 45.9 Å². The standard InChI is InChI=1S/C26H20N4O2S/c1-17-11-12-22(20-9-5-13-28-25(17)20)30-26(32)21-8-2-3-10-23(21)33-16-24(31)29-19-7-4-6-18(14-19)15-27/h2-14H,16H2,1H3,(H,29,31)(H,30,32). The minimum atomic E-state index is -0.255. The van der Waals surface area contributed by atoms with Crippen molar-refractivity contribution in [2.24, 2.45) is 0 Å². The van der Waals surface area contributed by atoms with Crippen LogP contribution in [-0.2, 0) is 4.79 Å². The molecule has 1 heterocycles. The van der Waals surface area contributed by atoms with E-state index < -0.39 is 0 Å². The summed E-state index contributed by atoms with van der Waals surface area (Å²) in [5.41, 5.74) is 4.08.